The van der Waals surface area contributed by atoms with E-state index in [-0.39, 0.29) is 0 Å². The van der Waals surface area contributed by atoms with Crippen LogP contribution in [-0.4, -0.2) is 43.3 Å². The fraction of sp³-hybridized carbons (Fsp3) is 0.833. The van der Waals surface area contributed by atoms with Crippen LogP contribution in [0, 0.1) is 0 Å². The maximum absolute atomic E-state index is 5.83. The number of hydrogen-bond acceptors (Lipinski definition) is 3. The summed E-state index contributed by atoms with van der Waals surface area (Å²) in [4.78, 5) is 2.40. The molecule has 0 aromatic carbocycles. The first-order valence-corrected chi connectivity index (χ1v) is 5.98. The average molecular weight is 212 g/mol. The second-order valence-corrected chi connectivity index (χ2v) is 4.24. The molecule has 3 nitrogen and oxygen atoms in total. The van der Waals surface area contributed by atoms with E-state index in [0.717, 1.165) is 32.5 Å². The van der Waals surface area contributed by atoms with Gasteiger partial charge in [0.2, 0.25) is 0 Å². The van der Waals surface area contributed by atoms with Gasteiger partial charge < -0.3 is 10.5 Å². The summed E-state index contributed by atoms with van der Waals surface area (Å²) in [5.74, 6) is 0. The normalized spacial score (nSPS) is 26.1. The third kappa shape index (κ3) is 4.33. The van der Waals surface area contributed by atoms with Crippen LogP contribution in [0.25, 0.3) is 0 Å². The summed E-state index contributed by atoms with van der Waals surface area (Å²) in [5, 5.41) is 0. The van der Waals surface area contributed by atoms with Gasteiger partial charge in [0.15, 0.2) is 0 Å². The van der Waals surface area contributed by atoms with E-state index in [9.17, 15) is 0 Å². The molecule has 0 aromatic rings. The van der Waals surface area contributed by atoms with Gasteiger partial charge in [0.25, 0.3) is 0 Å². The lowest BCUT2D eigenvalue weighted by molar-refractivity contribution is 0.0292. The summed E-state index contributed by atoms with van der Waals surface area (Å²) >= 11 is 0. The van der Waals surface area contributed by atoms with E-state index < -0.39 is 0 Å². The number of hydrogen-bond donors (Lipinski definition) is 1. The molecule has 3 heteroatoms. The summed E-state index contributed by atoms with van der Waals surface area (Å²) in [5.41, 5.74) is 5.59. The number of nitrogens with two attached hydrogens (primary N) is 1. The third-order valence-corrected chi connectivity index (χ3v) is 2.85. The van der Waals surface area contributed by atoms with Gasteiger partial charge in [0.05, 0.1) is 12.2 Å². The van der Waals surface area contributed by atoms with Gasteiger partial charge in [-0.2, -0.15) is 0 Å². The summed E-state index contributed by atoms with van der Waals surface area (Å²) < 4.78 is 5.83. The minimum Gasteiger partial charge on any atom is -0.372 e. The highest BCUT2D eigenvalue weighted by Gasteiger charge is 2.25. The van der Waals surface area contributed by atoms with Gasteiger partial charge in [0, 0.05) is 19.6 Å². The van der Waals surface area contributed by atoms with Gasteiger partial charge in [0.1, 0.15) is 0 Å². The van der Waals surface area contributed by atoms with Crippen molar-refractivity contribution < 1.29 is 4.74 Å². The van der Waals surface area contributed by atoms with Gasteiger partial charge >= 0.3 is 0 Å². The Labute approximate surface area is 93.3 Å². The van der Waals surface area contributed by atoms with Gasteiger partial charge in [-0.05, 0) is 25.8 Å². The summed E-state index contributed by atoms with van der Waals surface area (Å²) in [7, 11) is 0. The van der Waals surface area contributed by atoms with Gasteiger partial charge in [-0.15, -0.1) is 6.58 Å². The zero-order valence-corrected chi connectivity index (χ0v) is 9.82. The van der Waals surface area contributed by atoms with E-state index in [1.807, 2.05) is 6.08 Å². The average Bonchev–Trinajstić information content (AvgIpc) is 2.66. The molecule has 0 spiro atoms. The maximum Gasteiger partial charge on any atom is 0.0707 e. The van der Waals surface area contributed by atoms with Crippen molar-refractivity contribution >= 4 is 0 Å². The van der Waals surface area contributed by atoms with Crippen molar-refractivity contribution in [2.45, 2.75) is 38.4 Å². The highest BCUT2D eigenvalue weighted by molar-refractivity contribution is 4.80. The van der Waals surface area contributed by atoms with Crippen molar-refractivity contribution in [1.29, 1.82) is 0 Å². The second kappa shape index (κ2) is 6.99. The summed E-state index contributed by atoms with van der Waals surface area (Å²) in [6.45, 7) is 9.75. The quantitative estimate of drug-likeness (QED) is 0.648. The Bertz CT molecular complexity index is 184. The Morgan fingerprint density at radius 2 is 2.20 bits per heavy atom. The molecule has 1 heterocycles. The molecule has 1 rings (SSSR count). The largest absolute Gasteiger partial charge is 0.372 e. The summed E-state index contributed by atoms with van der Waals surface area (Å²) in [6, 6.07) is 0. The molecule has 0 bridgehead atoms. The molecule has 1 aliphatic heterocycles. The standard InChI is InChI=1S/C12H24N2O/c1-3-7-14(8-4-2)10-12-6-5-11(9-13)15-12/h3,11-12H,1,4-10,13H2,2H3. The molecule has 2 N–H and O–H groups in total. The minimum atomic E-state index is 0.294. The number of nitrogens with zero attached hydrogens (tertiary/aromatic N) is 1. The van der Waals surface area contributed by atoms with Crippen LogP contribution < -0.4 is 5.73 Å². The first kappa shape index (κ1) is 12.7. The monoisotopic (exact) mass is 212 g/mol. The fourth-order valence-electron chi connectivity index (χ4n) is 2.13. The molecule has 1 saturated heterocycles. The number of rotatable bonds is 7. The van der Waals surface area contributed by atoms with Crippen LogP contribution in [0.3, 0.4) is 0 Å². The molecule has 2 unspecified atom stereocenters. The zero-order valence-electron chi connectivity index (χ0n) is 9.82. The zero-order chi connectivity index (χ0) is 11.1. The first-order chi connectivity index (χ1) is 7.30. The van der Waals surface area contributed by atoms with E-state index in [1.54, 1.807) is 0 Å². The van der Waals surface area contributed by atoms with Crippen LogP contribution in [0.1, 0.15) is 26.2 Å². The van der Waals surface area contributed by atoms with Crippen LogP contribution >= 0.6 is 0 Å². The molecule has 1 fully saturated rings. The highest BCUT2D eigenvalue weighted by atomic mass is 16.5. The van der Waals surface area contributed by atoms with Gasteiger partial charge in [-0.1, -0.05) is 13.0 Å². The lowest BCUT2D eigenvalue weighted by atomic mass is 10.2. The smallest absolute Gasteiger partial charge is 0.0707 e. The van der Waals surface area contributed by atoms with Gasteiger partial charge in [-0.25, -0.2) is 0 Å². The molecule has 0 saturated carbocycles. The molecule has 1 aliphatic rings. The third-order valence-electron chi connectivity index (χ3n) is 2.85. The second-order valence-electron chi connectivity index (χ2n) is 4.24. The predicted octanol–water partition coefficient (Wildman–Crippen LogP) is 1.39. The Morgan fingerprint density at radius 3 is 2.73 bits per heavy atom. The summed E-state index contributed by atoms with van der Waals surface area (Å²) in [6.07, 6.45) is 6.09. The Morgan fingerprint density at radius 1 is 1.47 bits per heavy atom. The Kier molecular flexibility index (Phi) is 5.91. The predicted molar refractivity (Wildman–Crippen MR) is 63.9 cm³/mol. The van der Waals surface area contributed by atoms with Gasteiger partial charge in [-0.3, -0.25) is 4.90 Å². The first-order valence-electron chi connectivity index (χ1n) is 5.98. The van der Waals surface area contributed by atoms with E-state index in [2.05, 4.69) is 18.4 Å². The minimum absolute atomic E-state index is 0.294. The Balaban J connectivity index is 2.28. The molecular weight excluding hydrogens is 188 g/mol. The van der Waals surface area contributed by atoms with Crippen molar-refractivity contribution in [3.8, 4) is 0 Å². The van der Waals surface area contributed by atoms with Crippen LogP contribution in [0.5, 0.6) is 0 Å². The van der Waals surface area contributed by atoms with E-state index in [4.69, 9.17) is 10.5 Å². The molecule has 88 valence electrons. The van der Waals surface area contributed by atoms with Crippen LogP contribution in [0.2, 0.25) is 0 Å². The van der Waals surface area contributed by atoms with Crippen molar-refractivity contribution in [3.05, 3.63) is 12.7 Å². The van der Waals surface area contributed by atoms with E-state index >= 15 is 0 Å². The van der Waals surface area contributed by atoms with Crippen molar-refractivity contribution in [3.63, 3.8) is 0 Å². The fourth-order valence-corrected chi connectivity index (χ4v) is 2.13. The molecule has 2 atom stereocenters. The SMILES string of the molecule is C=CCN(CCC)CC1CCC(CN)O1. The van der Waals surface area contributed by atoms with Crippen LogP contribution in [0.4, 0.5) is 0 Å². The van der Waals surface area contributed by atoms with E-state index in [1.165, 1.54) is 6.42 Å². The highest BCUT2D eigenvalue weighted by Crippen LogP contribution is 2.19. The molecule has 0 aromatic heterocycles. The van der Waals surface area contributed by atoms with Crippen LogP contribution in [0.15, 0.2) is 12.7 Å². The maximum atomic E-state index is 5.83. The lowest BCUT2D eigenvalue weighted by Gasteiger charge is -2.23. The Hall–Kier alpha value is -0.380. The van der Waals surface area contributed by atoms with Crippen molar-refractivity contribution in [1.82, 2.24) is 4.90 Å². The number of ether oxygens (including phenoxy) is 1. The van der Waals surface area contributed by atoms with Crippen molar-refractivity contribution in [2.24, 2.45) is 5.73 Å². The van der Waals surface area contributed by atoms with E-state index in [0.29, 0.717) is 18.8 Å². The lowest BCUT2D eigenvalue weighted by Crippen LogP contribution is -2.34. The van der Waals surface area contributed by atoms with Crippen LogP contribution in [-0.2, 0) is 4.74 Å². The molecule has 0 aliphatic carbocycles. The molecule has 15 heavy (non-hydrogen) atoms. The van der Waals surface area contributed by atoms with Crippen molar-refractivity contribution in [2.75, 3.05) is 26.2 Å². The molecule has 0 radical (unpaired) electrons. The topological polar surface area (TPSA) is 38.5 Å². The molecular formula is C12H24N2O. The molecule has 0 amide bonds.